The van der Waals surface area contributed by atoms with E-state index in [-0.39, 0.29) is 17.5 Å². The van der Waals surface area contributed by atoms with Crippen molar-refractivity contribution in [2.45, 2.75) is 6.92 Å². The van der Waals surface area contributed by atoms with E-state index in [1.54, 1.807) is 19.2 Å². The number of amides is 2. The van der Waals surface area contributed by atoms with E-state index in [0.717, 1.165) is 18.7 Å². The van der Waals surface area contributed by atoms with Gasteiger partial charge in [0.1, 0.15) is 5.69 Å². The number of para-hydroxylation sites is 1. The Balaban J connectivity index is 1.59. The molecule has 1 aromatic heterocycles. The van der Waals surface area contributed by atoms with Gasteiger partial charge in [0, 0.05) is 43.0 Å². The third-order valence-electron chi connectivity index (χ3n) is 5.01. The molecule has 1 fully saturated rings. The van der Waals surface area contributed by atoms with Crippen molar-refractivity contribution >= 4 is 17.5 Å². The number of nitrogens with zero attached hydrogens (tertiary/aromatic N) is 3. The summed E-state index contributed by atoms with van der Waals surface area (Å²) in [4.78, 5) is 36.3. The molecular formula is C23H23N5O2. The molecule has 3 aromatic rings. The summed E-state index contributed by atoms with van der Waals surface area (Å²) in [5.74, 6) is -0.318. The number of hydrogen-bond donors (Lipinski definition) is 2. The molecule has 7 heteroatoms. The number of rotatable bonds is 4. The zero-order chi connectivity index (χ0) is 20.9. The summed E-state index contributed by atoms with van der Waals surface area (Å²) in [6.45, 7) is 4.74. The average Bonchev–Trinajstić information content (AvgIpc) is 2.80. The lowest BCUT2D eigenvalue weighted by Gasteiger charge is -2.27. The molecule has 1 saturated heterocycles. The van der Waals surface area contributed by atoms with Gasteiger partial charge in [-0.3, -0.25) is 14.6 Å². The van der Waals surface area contributed by atoms with Gasteiger partial charge < -0.3 is 15.5 Å². The minimum atomic E-state index is -0.318. The number of aryl methyl sites for hydroxylation is 1. The van der Waals surface area contributed by atoms with Gasteiger partial charge in [-0.15, -0.1) is 0 Å². The molecule has 1 aliphatic rings. The quantitative estimate of drug-likeness (QED) is 0.702. The Bertz CT molecular complexity index is 1060. The van der Waals surface area contributed by atoms with Crippen LogP contribution in [0, 0.1) is 6.92 Å². The lowest BCUT2D eigenvalue weighted by Crippen LogP contribution is -2.46. The lowest BCUT2D eigenvalue weighted by atomic mass is 10.1. The number of benzene rings is 2. The molecular weight excluding hydrogens is 378 g/mol. The van der Waals surface area contributed by atoms with Crippen molar-refractivity contribution in [2.75, 3.05) is 31.5 Å². The number of piperazine rings is 1. The molecule has 152 valence electrons. The second kappa shape index (κ2) is 8.84. The van der Waals surface area contributed by atoms with Gasteiger partial charge in [0.25, 0.3) is 11.8 Å². The Morgan fingerprint density at radius 3 is 2.57 bits per heavy atom. The van der Waals surface area contributed by atoms with Crippen molar-refractivity contribution < 1.29 is 9.59 Å². The van der Waals surface area contributed by atoms with Gasteiger partial charge in [-0.05, 0) is 31.2 Å². The molecule has 2 amide bonds. The minimum Gasteiger partial charge on any atom is -0.336 e. The third kappa shape index (κ3) is 4.36. The van der Waals surface area contributed by atoms with E-state index in [2.05, 4.69) is 20.6 Å². The molecule has 0 atom stereocenters. The molecule has 2 aromatic carbocycles. The summed E-state index contributed by atoms with van der Waals surface area (Å²) in [6, 6.07) is 16.5. The molecule has 0 aliphatic carbocycles. The van der Waals surface area contributed by atoms with Gasteiger partial charge in [-0.1, -0.05) is 30.3 Å². The maximum Gasteiger partial charge on any atom is 0.276 e. The highest BCUT2D eigenvalue weighted by molar-refractivity contribution is 6.03. The van der Waals surface area contributed by atoms with Crippen molar-refractivity contribution in [3.8, 4) is 11.3 Å². The number of carbonyl (C=O) groups is 2. The zero-order valence-electron chi connectivity index (χ0n) is 16.8. The van der Waals surface area contributed by atoms with Gasteiger partial charge in [-0.2, -0.15) is 0 Å². The summed E-state index contributed by atoms with van der Waals surface area (Å²) in [5.41, 5.74) is 3.39. The standard InChI is InChI=1S/C23H23N5O2/c1-16-21(22(29)26-19-8-3-2-4-9-19)27-20(15-25-16)17-6-5-7-18(14-17)23(30)28-12-10-24-11-13-28/h2-9,14-15,24H,10-13H2,1H3,(H,26,29). The van der Waals surface area contributed by atoms with Crippen molar-refractivity contribution in [1.29, 1.82) is 0 Å². The van der Waals surface area contributed by atoms with E-state index in [1.807, 2.05) is 53.4 Å². The maximum absolute atomic E-state index is 12.8. The lowest BCUT2D eigenvalue weighted by molar-refractivity contribution is 0.0735. The maximum atomic E-state index is 12.8. The van der Waals surface area contributed by atoms with Crippen LogP contribution in [0.2, 0.25) is 0 Å². The number of carbonyl (C=O) groups excluding carboxylic acids is 2. The Morgan fingerprint density at radius 1 is 1.03 bits per heavy atom. The van der Waals surface area contributed by atoms with Gasteiger partial charge in [0.15, 0.2) is 0 Å². The van der Waals surface area contributed by atoms with Crippen LogP contribution in [0.15, 0.2) is 60.8 Å². The molecule has 30 heavy (non-hydrogen) atoms. The molecule has 7 nitrogen and oxygen atoms in total. The van der Waals surface area contributed by atoms with Gasteiger partial charge in [0.2, 0.25) is 0 Å². The van der Waals surface area contributed by atoms with E-state index in [1.165, 1.54) is 0 Å². The third-order valence-corrected chi connectivity index (χ3v) is 5.01. The molecule has 0 saturated carbocycles. The molecule has 2 N–H and O–H groups in total. The van der Waals surface area contributed by atoms with Crippen LogP contribution in [0.25, 0.3) is 11.3 Å². The topological polar surface area (TPSA) is 87.2 Å². The van der Waals surface area contributed by atoms with Crippen LogP contribution in [0.4, 0.5) is 5.69 Å². The predicted octanol–water partition coefficient (Wildman–Crippen LogP) is 2.75. The summed E-state index contributed by atoms with van der Waals surface area (Å²) < 4.78 is 0. The molecule has 0 spiro atoms. The first-order valence-electron chi connectivity index (χ1n) is 9.92. The SMILES string of the molecule is Cc1ncc(-c2cccc(C(=O)N3CCNCC3)c2)nc1C(=O)Nc1ccccc1. The van der Waals surface area contributed by atoms with Gasteiger partial charge >= 0.3 is 0 Å². The zero-order valence-corrected chi connectivity index (χ0v) is 16.8. The highest BCUT2D eigenvalue weighted by Crippen LogP contribution is 2.21. The van der Waals surface area contributed by atoms with Crippen LogP contribution in [-0.2, 0) is 0 Å². The summed E-state index contributed by atoms with van der Waals surface area (Å²) in [7, 11) is 0. The fraction of sp³-hybridized carbons (Fsp3) is 0.217. The average molecular weight is 401 g/mol. The van der Waals surface area contributed by atoms with Gasteiger partial charge in [0.05, 0.1) is 17.6 Å². The van der Waals surface area contributed by atoms with E-state index >= 15 is 0 Å². The normalized spacial score (nSPS) is 13.7. The monoisotopic (exact) mass is 401 g/mol. The largest absolute Gasteiger partial charge is 0.336 e. The number of aromatic nitrogens is 2. The summed E-state index contributed by atoms with van der Waals surface area (Å²) in [5, 5.41) is 6.09. The van der Waals surface area contributed by atoms with Crippen LogP contribution in [0.5, 0.6) is 0 Å². The fourth-order valence-electron chi connectivity index (χ4n) is 3.38. The molecule has 0 radical (unpaired) electrons. The van der Waals surface area contributed by atoms with E-state index < -0.39 is 0 Å². The Kier molecular flexibility index (Phi) is 5.81. The smallest absolute Gasteiger partial charge is 0.276 e. The Labute approximate surface area is 175 Å². The van der Waals surface area contributed by atoms with Crippen molar-refractivity contribution in [3.05, 3.63) is 77.7 Å². The highest BCUT2D eigenvalue weighted by Gasteiger charge is 2.19. The number of nitrogens with one attached hydrogen (secondary N) is 2. The summed E-state index contributed by atoms with van der Waals surface area (Å²) >= 11 is 0. The van der Waals surface area contributed by atoms with E-state index in [9.17, 15) is 9.59 Å². The first kappa shape index (κ1) is 19.7. The van der Waals surface area contributed by atoms with Crippen molar-refractivity contribution in [2.24, 2.45) is 0 Å². The summed E-state index contributed by atoms with van der Waals surface area (Å²) in [6.07, 6.45) is 1.63. The van der Waals surface area contributed by atoms with Crippen molar-refractivity contribution in [3.63, 3.8) is 0 Å². The Hall–Kier alpha value is -3.58. The first-order chi connectivity index (χ1) is 14.6. The van der Waals surface area contributed by atoms with Crippen LogP contribution in [-0.4, -0.2) is 52.9 Å². The van der Waals surface area contributed by atoms with Gasteiger partial charge in [-0.25, -0.2) is 4.98 Å². The Morgan fingerprint density at radius 2 is 1.80 bits per heavy atom. The fourth-order valence-corrected chi connectivity index (χ4v) is 3.38. The molecule has 2 heterocycles. The second-order valence-electron chi connectivity index (χ2n) is 7.13. The molecule has 0 bridgehead atoms. The van der Waals surface area contributed by atoms with E-state index in [4.69, 9.17) is 0 Å². The minimum absolute atomic E-state index is 0.000431. The van der Waals surface area contributed by atoms with Crippen LogP contribution in [0.1, 0.15) is 26.5 Å². The molecule has 1 aliphatic heterocycles. The van der Waals surface area contributed by atoms with Crippen LogP contribution >= 0.6 is 0 Å². The van der Waals surface area contributed by atoms with Crippen LogP contribution < -0.4 is 10.6 Å². The second-order valence-corrected chi connectivity index (χ2v) is 7.13. The molecule has 4 rings (SSSR count). The number of hydrogen-bond acceptors (Lipinski definition) is 5. The molecule has 0 unspecified atom stereocenters. The van der Waals surface area contributed by atoms with E-state index in [0.29, 0.717) is 35.7 Å². The number of anilines is 1. The predicted molar refractivity (Wildman–Crippen MR) is 115 cm³/mol. The highest BCUT2D eigenvalue weighted by atomic mass is 16.2. The van der Waals surface area contributed by atoms with Crippen LogP contribution in [0.3, 0.4) is 0 Å². The first-order valence-corrected chi connectivity index (χ1v) is 9.92. The van der Waals surface area contributed by atoms with Crippen molar-refractivity contribution in [1.82, 2.24) is 20.2 Å².